The number of hydrogen-bond acceptors (Lipinski definition) is 4. The lowest BCUT2D eigenvalue weighted by Gasteiger charge is -2.10. The molecular weight excluding hydrogens is 336 g/mol. The smallest absolute Gasteiger partial charge is 0.219 e. The van der Waals surface area contributed by atoms with Crippen LogP contribution in [0, 0.1) is 0 Å². The Kier molecular flexibility index (Phi) is 9.05. The first-order chi connectivity index (χ1) is 10.2. The molecule has 0 aliphatic carbocycles. The summed E-state index contributed by atoms with van der Waals surface area (Å²) in [7, 11) is 3.33. The van der Waals surface area contributed by atoms with Crippen molar-refractivity contribution in [1.82, 2.24) is 10.6 Å². The van der Waals surface area contributed by atoms with E-state index < -0.39 is 0 Å². The molecule has 0 aromatic heterocycles. The van der Waals surface area contributed by atoms with Crippen LogP contribution in [0.15, 0.2) is 22.7 Å². The summed E-state index contributed by atoms with van der Waals surface area (Å²) in [6.07, 6.45) is 1.18. The summed E-state index contributed by atoms with van der Waals surface area (Å²) < 4.78 is 11.6. The molecule has 0 saturated heterocycles. The van der Waals surface area contributed by atoms with Gasteiger partial charge in [0.2, 0.25) is 5.91 Å². The van der Waals surface area contributed by atoms with Crippen molar-refractivity contribution in [2.75, 3.05) is 33.9 Å². The fraction of sp³-hybridized carbons (Fsp3) is 0.533. The summed E-state index contributed by atoms with van der Waals surface area (Å²) in [6, 6.07) is 6.00. The van der Waals surface area contributed by atoms with Crippen molar-refractivity contribution >= 4 is 21.8 Å². The van der Waals surface area contributed by atoms with E-state index >= 15 is 0 Å². The summed E-state index contributed by atoms with van der Waals surface area (Å²) in [5, 5.41) is 5.88. The molecule has 0 radical (unpaired) electrons. The maximum Gasteiger partial charge on any atom is 0.219 e. The van der Waals surface area contributed by atoms with Crippen LogP contribution >= 0.6 is 15.9 Å². The van der Waals surface area contributed by atoms with Crippen molar-refractivity contribution in [2.24, 2.45) is 0 Å². The predicted molar refractivity (Wildman–Crippen MR) is 86.5 cm³/mol. The third kappa shape index (κ3) is 7.45. The molecular formula is C15H23BrN2O3. The molecule has 0 saturated carbocycles. The Labute approximate surface area is 134 Å². The van der Waals surface area contributed by atoms with Gasteiger partial charge in [-0.2, -0.15) is 0 Å². The van der Waals surface area contributed by atoms with E-state index in [1.807, 2.05) is 18.2 Å². The van der Waals surface area contributed by atoms with E-state index in [9.17, 15) is 4.79 Å². The molecule has 0 atom stereocenters. The van der Waals surface area contributed by atoms with Gasteiger partial charge >= 0.3 is 0 Å². The minimum Gasteiger partial charge on any atom is -0.492 e. The van der Waals surface area contributed by atoms with Gasteiger partial charge in [-0.25, -0.2) is 0 Å². The van der Waals surface area contributed by atoms with E-state index in [1.54, 1.807) is 14.2 Å². The highest BCUT2D eigenvalue weighted by molar-refractivity contribution is 9.10. The average molecular weight is 359 g/mol. The van der Waals surface area contributed by atoms with Gasteiger partial charge in [0.15, 0.2) is 0 Å². The number of amides is 1. The van der Waals surface area contributed by atoms with Gasteiger partial charge in [0.1, 0.15) is 5.75 Å². The molecule has 0 spiro atoms. The largest absolute Gasteiger partial charge is 0.492 e. The van der Waals surface area contributed by atoms with Gasteiger partial charge in [-0.05, 0) is 40.0 Å². The lowest BCUT2D eigenvalue weighted by Crippen LogP contribution is -2.18. The number of halogens is 1. The van der Waals surface area contributed by atoms with Gasteiger partial charge in [0, 0.05) is 33.7 Å². The maximum absolute atomic E-state index is 11.1. The minimum absolute atomic E-state index is 0.0372. The Hall–Kier alpha value is -1.11. The second kappa shape index (κ2) is 10.6. The van der Waals surface area contributed by atoms with Crippen molar-refractivity contribution in [3.8, 4) is 5.75 Å². The van der Waals surface area contributed by atoms with Crippen molar-refractivity contribution in [3.63, 3.8) is 0 Å². The van der Waals surface area contributed by atoms with Crippen LogP contribution in [0.1, 0.15) is 18.4 Å². The van der Waals surface area contributed by atoms with Gasteiger partial charge in [0.05, 0.1) is 17.7 Å². The molecule has 118 valence electrons. The van der Waals surface area contributed by atoms with E-state index in [2.05, 4.69) is 26.6 Å². The molecule has 0 bridgehead atoms. The molecule has 0 unspecified atom stereocenters. The maximum atomic E-state index is 11.1. The monoisotopic (exact) mass is 358 g/mol. The number of carbonyl (C=O) groups excluding carboxylic acids is 1. The van der Waals surface area contributed by atoms with E-state index in [0.29, 0.717) is 26.1 Å². The Morgan fingerprint density at radius 2 is 2.14 bits per heavy atom. The third-order valence-corrected chi connectivity index (χ3v) is 3.51. The Balaban J connectivity index is 2.34. The number of rotatable bonds is 10. The summed E-state index contributed by atoms with van der Waals surface area (Å²) >= 11 is 3.51. The number of nitrogens with one attached hydrogen (secondary N) is 2. The molecule has 1 rings (SSSR count). The second-order valence-electron chi connectivity index (χ2n) is 4.56. The number of hydrogen-bond donors (Lipinski definition) is 2. The number of ether oxygens (including phenoxy) is 2. The molecule has 0 aliphatic rings. The van der Waals surface area contributed by atoms with E-state index in [-0.39, 0.29) is 5.91 Å². The lowest BCUT2D eigenvalue weighted by molar-refractivity contribution is -0.120. The fourth-order valence-corrected chi connectivity index (χ4v) is 2.26. The van der Waals surface area contributed by atoms with Crippen molar-refractivity contribution in [3.05, 3.63) is 28.2 Å². The summed E-state index contributed by atoms with van der Waals surface area (Å²) in [4.78, 5) is 11.1. The Morgan fingerprint density at radius 1 is 1.33 bits per heavy atom. The summed E-state index contributed by atoms with van der Waals surface area (Å²) in [5.74, 6) is 0.836. The van der Waals surface area contributed by atoms with Gasteiger partial charge in [-0.1, -0.05) is 6.07 Å². The van der Waals surface area contributed by atoms with Crippen LogP contribution in [0.5, 0.6) is 5.75 Å². The van der Waals surface area contributed by atoms with Crippen molar-refractivity contribution in [2.45, 2.75) is 19.4 Å². The zero-order valence-electron chi connectivity index (χ0n) is 12.6. The molecule has 1 amide bonds. The van der Waals surface area contributed by atoms with Crippen LogP contribution in [0.3, 0.4) is 0 Å². The van der Waals surface area contributed by atoms with Crippen LogP contribution in [-0.4, -0.2) is 39.8 Å². The average Bonchev–Trinajstić information content (AvgIpc) is 2.49. The molecule has 1 aromatic rings. The molecule has 0 heterocycles. The van der Waals surface area contributed by atoms with Crippen molar-refractivity contribution < 1.29 is 14.3 Å². The van der Waals surface area contributed by atoms with Crippen LogP contribution in [0.2, 0.25) is 0 Å². The zero-order chi connectivity index (χ0) is 15.5. The summed E-state index contributed by atoms with van der Waals surface area (Å²) in [6.45, 7) is 2.84. The minimum atomic E-state index is 0.0372. The molecule has 0 fully saturated rings. The standard InChI is InChI=1S/C15H23BrN2O3/c1-17-15(19)4-3-8-21-14-6-5-12(10-13(14)16)11-18-7-9-20-2/h5-6,10,18H,3-4,7-9,11H2,1-2H3,(H,17,19). The first kappa shape index (κ1) is 17.9. The van der Waals surface area contributed by atoms with Gasteiger partial charge < -0.3 is 20.1 Å². The Bertz CT molecular complexity index is 441. The van der Waals surface area contributed by atoms with Crippen LogP contribution < -0.4 is 15.4 Å². The molecule has 2 N–H and O–H groups in total. The zero-order valence-corrected chi connectivity index (χ0v) is 14.2. The highest BCUT2D eigenvalue weighted by atomic mass is 79.9. The van der Waals surface area contributed by atoms with Gasteiger partial charge in [-0.15, -0.1) is 0 Å². The van der Waals surface area contributed by atoms with E-state index in [0.717, 1.165) is 23.3 Å². The van der Waals surface area contributed by atoms with E-state index in [1.165, 1.54) is 5.56 Å². The lowest BCUT2D eigenvalue weighted by atomic mass is 10.2. The van der Waals surface area contributed by atoms with E-state index in [4.69, 9.17) is 9.47 Å². The SMILES string of the molecule is CNC(=O)CCCOc1ccc(CNCCOC)cc1Br. The molecule has 5 nitrogen and oxygen atoms in total. The third-order valence-electron chi connectivity index (χ3n) is 2.89. The molecule has 6 heteroatoms. The van der Waals surface area contributed by atoms with Crippen LogP contribution in [0.25, 0.3) is 0 Å². The molecule has 21 heavy (non-hydrogen) atoms. The Morgan fingerprint density at radius 3 is 2.81 bits per heavy atom. The first-order valence-electron chi connectivity index (χ1n) is 6.99. The van der Waals surface area contributed by atoms with Crippen LogP contribution in [0.4, 0.5) is 0 Å². The highest BCUT2D eigenvalue weighted by Crippen LogP contribution is 2.26. The van der Waals surface area contributed by atoms with Gasteiger partial charge in [-0.3, -0.25) is 4.79 Å². The number of methoxy groups -OCH3 is 1. The highest BCUT2D eigenvalue weighted by Gasteiger charge is 2.04. The summed E-state index contributed by atoms with van der Waals surface area (Å²) in [5.41, 5.74) is 1.18. The van der Waals surface area contributed by atoms with Crippen LogP contribution in [-0.2, 0) is 16.1 Å². The predicted octanol–water partition coefficient (Wildman–Crippen LogP) is 2.09. The molecule has 0 aliphatic heterocycles. The first-order valence-corrected chi connectivity index (χ1v) is 7.78. The number of carbonyl (C=O) groups is 1. The van der Waals surface area contributed by atoms with Crippen molar-refractivity contribution in [1.29, 1.82) is 0 Å². The van der Waals surface area contributed by atoms with Gasteiger partial charge in [0.25, 0.3) is 0 Å². The number of benzene rings is 1. The topological polar surface area (TPSA) is 59.6 Å². The molecule has 1 aromatic carbocycles. The fourth-order valence-electron chi connectivity index (χ4n) is 1.72. The second-order valence-corrected chi connectivity index (χ2v) is 5.41. The quantitative estimate of drug-likeness (QED) is 0.628. The normalized spacial score (nSPS) is 10.4.